The second-order valence-corrected chi connectivity index (χ2v) is 4.70. The number of aryl methyl sites for hydroxylation is 1. The standard InChI is InChI=1S/C15H16N2O4/c1-3-19-15(18)12-8(2)17-14(13(12)16)9-4-5-10-11(6-9)21-7-20-10/h4-6,17H,3,7,16H2,1-2H3. The van der Waals surface area contributed by atoms with Gasteiger partial charge >= 0.3 is 5.97 Å². The minimum atomic E-state index is -0.421. The van der Waals surface area contributed by atoms with Gasteiger partial charge in [-0.25, -0.2) is 4.79 Å². The number of H-pyrrole nitrogens is 1. The molecule has 0 bridgehead atoms. The molecule has 0 saturated carbocycles. The number of nitrogens with two attached hydrogens (primary N) is 1. The molecular weight excluding hydrogens is 272 g/mol. The van der Waals surface area contributed by atoms with E-state index in [1.807, 2.05) is 18.2 Å². The summed E-state index contributed by atoms with van der Waals surface area (Å²) in [5, 5.41) is 0. The van der Waals surface area contributed by atoms with E-state index in [-0.39, 0.29) is 6.79 Å². The van der Waals surface area contributed by atoms with Gasteiger partial charge in [-0.05, 0) is 32.0 Å². The van der Waals surface area contributed by atoms with Crippen molar-refractivity contribution in [2.45, 2.75) is 13.8 Å². The molecule has 0 aliphatic carbocycles. The van der Waals surface area contributed by atoms with Crippen molar-refractivity contribution in [3.8, 4) is 22.8 Å². The lowest BCUT2D eigenvalue weighted by Crippen LogP contribution is -2.07. The quantitative estimate of drug-likeness (QED) is 0.847. The topological polar surface area (TPSA) is 86.6 Å². The van der Waals surface area contributed by atoms with Gasteiger partial charge in [-0.1, -0.05) is 0 Å². The van der Waals surface area contributed by atoms with E-state index in [0.717, 1.165) is 5.56 Å². The second-order valence-electron chi connectivity index (χ2n) is 4.70. The molecule has 0 atom stereocenters. The van der Waals surface area contributed by atoms with Crippen LogP contribution in [0.2, 0.25) is 0 Å². The zero-order chi connectivity index (χ0) is 15.0. The van der Waals surface area contributed by atoms with Gasteiger partial charge in [0.05, 0.1) is 18.0 Å². The molecule has 1 aliphatic heterocycles. The number of rotatable bonds is 3. The van der Waals surface area contributed by atoms with E-state index in [4.69, 9.17) is 19.9 Å². The van der Waals surface area contributed by atoms with E-state index in [9.17, 15) is 4.79 Å². The van der Waals surface area contributed by atoms with Crippen molar-refractivity contribution >= 4 is 11.7 Å². The highest BCUT2D eigenvalue weighted by Gasteiger charge is 2.22. The Morgan fingerprint density at radius 2 is 2.14 bits per heavy atom. The second kappa shape index (κ2) is 5.05. The molecule has 0 amide bonds. The van der Waals surface area contributed by atoms with Gasteiger partial charge in [0.1, 0.15) is 5.56 Å². The van der Waals surface area contributed by atoms with Crippen LogP contribution in [0.3, 0.4) is 0 Å². The average Bonchev–Trinajstić information content (AvgIpc) is 3.02. The number of anilines is 1. The third kappa shape index (κ3) is 2.18. The number of aromatic nitrogens is 1. The summed E-state index contributed by atoms with van der Waals surface area (Å²) in [6.45, 7) is 4.07. The summed E-state index contributed by atoms with van der Waals surface area (Å²) in [5.41, 5.74) is 9.05. The van der Waals surface area contributed by atoms with Crippen molar-refractivity contribution in [1.82, 2.24) is 4.98 Å². The fourth-order valence-corrected chi connectivity index (χ4v) is 2.39. The predicted octanol–water partition coefficient (Wildman–Crippen LogP) is 2.48. The summed E-state index contributed by atoms with van der Waals surface area (Å²) in [6, 6.07) is 5.51. The summed E-state index contributed by atoms with van der Waals surface area (Å²) >= 11 is 0. The normalized spacial score (nSPS) is 12.5. The summed E-state index contributed by atoms with van der Waals surface area (Å²) in [7, 11) is 0. The first kappa shape index (κ1) is 13.4. The molecule has 110 valence electrons. The predicted molar refractivity (Wildman–Crippen MR) is 77.5 cm³/mol. The van der Waals surface area contributed by atoms with Crippen LogP contribution < -0.4 is 15.2 Å². The zero-order valence-electron chi connectivity index (χ0n) is 11.9. The van der Waals surface area contributed by atoms with Crippen molar-refractivity contribution < 1.29 is 19.0 Å². The number of nitrogens with one attached hydrogen (secondary N) is 1. The van der Waals surface area contributed by atoms with Crippen molar-refractivity contribution in [2.75, 3.05) is 19.1 Å². The number of hydrogen-bond acceptors (Lipinski definition) is 5. The van der Waals surface area contributed by atoms with Crippen molar-refractivity contribution in [3.63, 3.8) is 0 Å². The smallest absolute Gasteiger partial charge is 0.342 e. The first-order chi connectivity index (χ1) is 10.1. The lowest BCUT2D eigenvalue weighted by molar-refractivity contribution is 0.0527. The Kier molecular flexibility index (Phi) is 3.21. The van der Waals surface area contributed by atoms with Crippen LogP contribution in [0, 0.1) is 6.92 Å². The van der Waals surface area contributed by atoms with Gasteiger partial charge in [-0.15, -0.1) is 0 Å². The first-order valence-electron chi connectivity index (χ1n) is 6.67. The van der Waals surface area contributed by atoms with Gasteiger partial charge in [0.2, 0.25) is 6.79 Å². The van der Waals surface area contributed by atoms with Crippen LogP contribution in [0.1, 0.15) is 23.0 Å². The van der Waals surface area contributed by atoms with Gasteiger partial charge < -0.3 is 24.9 Å². The maximum absolute atomic E-state index is 12.0. The van der Waals surface area contributed by atoms with Crippen LogP contribution >= 0.6 is 0 Å². The molecule has 1 aromatic heterocycles. The molecule has 6 nitrogen and oxygen atoms in total. The number of esters is 1. The van der Waals surface area contributed by atoms with E-state index in [2.05, 4.69) is 4.98 Å². The van der Waals surface area contributed by atoms with Gasteiger partial charge in [-0.3, -0.25) is 0 Å². The highest BCUT2D eigenvalue weighted by molar-refractivity contribution is 6.00. The summed E-state index contributed by atoms with van der Waals surface area (Å²) < 4.78 is 15.7. The Morgan fingerprint density at radius 1 is 1.38 bits per heavy atom. The minimum Gasteiger partial charge on any atom is -0.462 e. The number of carbonyl (C=O) groups excluding carboxylic acids is 1. The van der Waals surface area contributed by atoms with Crippen molar-refractivity contribution in [1.29, 1.82) is 0 Å². The Morgan fingerprint density at radius 3 is 2.90 bits per heavy atom. The Labute approximate surface area is 121 Å². The molecule has 0 spiro atoms. The van der Waals surface area contributed by atoms with Crippen LogP contribution in [0.5, 0.6) is 11.5 Å². The zero-order valence-corrected chi connectivity index (χ0v) is 11.9. The van der Waals surface area contributed by atoms with Crippen molar-refractivity contribution in [3.05, 3.63) is 29.5 Å². The summed E-state index contributed by atoms with van der Waals surface area (Å²) in [4.78, 5) is 15.1. The lowest BCUT2D eigenvalue weighted by Gasteiger charge is -2.04. The lowest BCUT2D eigenvalue weighted by atomic mass is 10.1. The van der Waals surface area contributed by atoms with Crippen LogP contribution in [0.15, 0.2) is 18.2 Å². The molecule has 1 aromatic carbocycles. The van der Waals surface area contributed by atoms with Gasteiger partial charge in [0, 0.05) is 11.3 Å². The molecule has 21 heavy (non-hydrogen) atoms. The molecule has 0 saturated heterocycles. The van der Waals surface area contributed by atoms with E-state index >= 15 is 0 Å². The summed E-state index contributed by atoms with van der Waals surface area (Å²) in [6.07, 6.45) is 0. The molecule has 0 fully saturated rings. The van der Waals surface area contributed by atoms with Crippen LogP contribution in [-0.2, 0) is 4.74 Å². The van der Waals surface area contributed by atoms with E-state index in [1.165, 1.54) is 0 Å². The molecule has 1 aliphatic rings. The molecule has 3 N–H and O–H groups in total. The van der Waals surface area contributed by atoms with Gasteiger partial charge in [0.15, 0.2) is 11.5 Å². The third-order valence-corrected chi connectivity index (χ3v) is 3.37. The molecule has 3 rings (SSSR count). The van der Waals surface area contributed by atoms with Crippen LogP contribution in [-0.4, -0.2) is 24.4 Å². The number of carbonyl (C=O) groups is 1. The Bertz CT molecular complexity index is 706. The Hall–Kier alpha value is -2.63. The monoisotopic (exact) mass is 288 g/mol. The van der Waals surface area contributed by atoms with Gasteiger partial charge in [0.25, 0.3) is 0 Å². The SMILES string of the molecule is CCOC(=O)c1c(C)[nH]c(-c2ccc3c(c2)OCO3)c1N. The largest absolute Gasteiger partial charge is 0.462 e. The fraction of sp³-hybridized carbons (Fsp3) is 0.267. The maximum atomic E-state index is 12.0. The highest BCUT2D eigenvalue weighted by atomic mass is 16.7. The van der Waals surface area contributed by atoms with E-state index in [0.29, 0.717) is 40.7 Å². The number of ether oxygens (including phenoxy) is 3. The number of hydrogen-bond donors (Lipinski definition) is 2. The maximum Gasteiger partial charge on any atom is 0.342 e. The van der Waals surface area contributed by atoms with E-state index < -0.39 is 5.97 Å². The number of fused-ring (bicyclic) bond motifs is 1. The number of aromatic amines is 1. The van der Waals surface area contributed by atoms with Crippen molar-refractivity contribution in [2.24, 2.45) is 0 Å². The van der Waals surface area contributed by atoms with Crippen LogP contribution in [0.4, 0.5) is 5.69 Å². The molecule has 0 radical (unpaired) electrons. The average molecular weight is 288 g/mol. The molecule has 6 heteroatoms. The highest BCUT2D eigenvalue weighted by Crippen LogP contribution is 2.38. The Balaban J connectivity index is 2.04. The summed E-state index contributed by atoms with van der Waals surface area (Å²) in [5.74, 6) is 0.943. The minimum absolute atomic E-state index is 0.214. The fourth-order valence-electron chi connectivity index (χ4n) is 2.39. The third-order valence-electron chi connectivity index (χ3n) is 3.37. The van der Waals surface area contributed by atoms with E-state index in [1.54, 1.807) is 13.8 Å². The number of nitrogen functional groups attached to an aromatic ring is 1. The molecule has 2 aromatic rings. The van der Waals surface area contributed by atoms with Gasteiger partial charge in [-0.2, -0.15) is 0 Å². The molecule has 0 unspecified atom stereocenters. The van der Waals surface area contributed by atoms with Crippen LogP contribution in [0.25, 0.3) is 11.3 Å². The molecule has 2 heterocycles. The first-order valence-corrected chi connectivity index (χ1v) is 6.67. The number of benzene rings is 1. The molecular formula is C15H16N2O4.